The molecule has 170 valence electrons. The molecule has 0 bridgehead atoms. The summed E-state index contributed by atoms with van der Waals surface area (Å²) in [5.41, 5.74) is 0.898. The largest absolute Gasteiger partial charge is 0.459 e. The highest BCUT2D eigenvalue weighted by atomic mass is 127. The average Bonchev–Trinajstić information content (AvgIpc) is 3.53. The maximum atomic E-state index is 6.02. The zero-order valence-corrected chi connectivity index (χ0v) is 21.5. The second kappa shape index (κ2) is 12.0. The van der Waals surface area contributed by atoms with Crippen LogP contribution in [0.3, 0.4) is 0 Å². The molecule has 0 radical (unpaired) electrons. The quantitative estimate of drug-likeness (QED) is 0.173. The highest BCUT2D eigenvalue weighted by Gasteiger charge is 2.13. The lowest BCUT2D eigenvalue weighted by atomic mass is 10.2. The van der Waals surface area contributed by atoms with E-state index in [0.29, 0.717) is 0 Å². The van der Waals surface area contributed by atoms with Gasteiger partial charge in [-0.15, -0.1) is 45.5 Å². The van der Waals surface area contributed by atoms with E-state index in [4.69, 9.17) is 9.41 Å². The van der Waals surface area contributed by atoms with Gasteiger partial charge in [-0.1, -0.05) is 31.2 Å². The molecule has 0 saturated heterocycles. The summed E-state index contributed by atoms with van der Waals surface area (Å²) in [5.74, 6) is 2.65. The molecule has 0 aliphatic rings. The average molecular weight is 564 g/mol. The number of aromatic nitrogens is 3. The van der Waals surface area contributed by atoms with E-state index in [1.807, 2.05) is 18.2 Å². The van der Waals surface area contributed by atoms with Crippen LogP contribution in [0.25, 0.3) is 11.0 Å². The van der Waals surface area contributed by atoms with Gasteiger partial charge in [-0.3, -0.25) is 4.99 Å². The van der Waals surface area contributed by atoms with Crippen molar-refractivity contribution in [3.8, 4) is 0 Å². The number of halogens is 1. The first-order valence-corrected chi connectivity index (χ1v) is 11.5. The Balaban J connectivity index is 0.00000289. The van der Waals surface area contributed by atoms with Gasteiger partial charge < -0.3 is 19.6 Å². The maximum absolute atomic E-state index is 6.02. The van der Waals surface area contributed by atoms with Crippen molar-refractivity contribution in [2.45, 2.75) is 39.3 Å². The first-order chi connectivity index (χ1) is 15.2. The Hall–Kier alpha value is -2.40. The molecule has 7 nitrogen and oxygen atoms in total. The van der Waals surface area contributed by atoms with Crippen LogP contribution in [0.15, 0.2) is 63.6 Å². The summed E-state index contributed by atoms with van der Waals surface area (Å²) in [7, 11) is 0. The molecule has 1 aromatic carbocycles. The lowest BCUT2D eigenvalue weighted by Crippen LogP contribution is -2.40. The molecule has 1 unspecified atom stereocenters. The molecule has 3 heterocycles. The smallest absolute Gasteiger partial charge is 0.191 e. The van der Waals surface area contributed by atoms with Gasteiger partial charge in [0.2, 0.25) is 0 Å². The van der Waals surface area contributed by atoms with Gasteiger partial charge in [0.15, 0.2) is 5.96 Å². The number of hydrogen-bond donors (Lipinski definition) is 2. The van der Waals surface area contributed by atoms with Crippen molar-refractivity contribution < 1.29 is 4.42 Å². The van der Waals surface area contributed by atoms with Crippen molar-refractivity contribution in [1.82, 2.24) is 25.4 Å². The van der Waals surface area contributed by atoms with E-state index in [2.05, 4.69) is 68.9 Å². The summed E-state index contributed by atoms with van der Waals surface area (Å²) >= 11 is 1.77. The summed E-state index contributed by atoms with van der Waals surface area (Å²) in [6, 6.07) is 14.4. The number of nitrogens with one attached hydrogen (secondary N) is 2. The normalized spacial score (nSPS) is 12.5. The van der Waals surface area contributed by atoms with Gasteiger partial charge in [-0.2, -0.15) is 0 Å². The maximum Gasteiger partial charge on any atom is 0.191 e. The SMILES string of the molecule is CCc1nncn1CCNC(=NCCc1cccs1)NC(C)c1cc2ccccc2o1.I. The van der Waals surface area contributed by atoms with E-state index in [9.17, 15) is 0 Å². The Kier molecular flexibility index (Phi) is 9.10. The van der Waals surface area contributed by atoms with Crippen LogP contribution in [-0.4, -0.2) is 33.8 Å². The van der Waals surface area contributed by atoms with Crippen molar-refractivity contribution in [1.29, 1.82) is 0 Å². The third-order valence-electron chi connectivity index (χ3n) is 5.09. The fourth-order valence-electron chi connectivity index (χ4n) is 3.41. The molecule has 0 saturated carbocycles. The third kappa shape index (κ3) is 6.32. The van der Waals surface area contributed by atoms with Crippen molar-refractivity contribution in [2.75, 3.05) is 13.1 Å². The number of thiophene rings is 1. The molecular formula is C23H29IN6OS. The molecule has 0 aliphatic carbocycles. The number of guanidine groups is 1. The highest BCUT2D eigenvalue weighted by Crippen LogP contribution is 2.23. The first-order valence-electron chi connectivity index (χ1n) is 10.7. The van der Waals surface area contributed by atoms with Crippen molar-refractivity contribution in [3.63, 3.8) is 0 Å². The minimum atomic E-state index is -0.0125. The molecular weight excluding hydrogens is 535 g/mol. The van der Waals surface area contributed by atoms with Gasteiger partial charge in [-0.25, -0.2) is 0 Å². The molecule has 0 aliphatic heterocycles. The van der Waals surface area contributed by atoms with Gasteiger partial charge in [0.05, 0.1) is 6.04 Å². The van der Waals surface area contributed by atoms with Crippen LogP contribution in [0.5, 0.6) is 0 Å². The van der Waals surface area contributed by atoms with Crippen LogP contribution in [0.2, 0.25) is 0 Å². The van der Waals surface area contributed by atoms with E-state index in [1.165, 1.54) is 4.88 Å². The highest BCUT2D eigenvalue weighted by molar-refractivity contribution is 14.0. The van der Waals surface area contributed by atoms with Crippen LogP contribution >= 0.6 is 35.3 Å². The molecule has 4 rings (SSSR count). The number of nitrogens with zero attached hydrogens (tertiary/aromatic N) is 4. The van der Waals surface area contributed by atoms with E-state index < -0.39 is 0 Å². The molecule has 32 heavy (non-hydrogen) atoms. The number of aryl methyl sites for hydroxylation is 1. The Bertz CT molecular complexity index is 1090. The van der Waals surface area contributed by atoms with Gasteiger partial charge in [0.25, 0.3) is 0 Å². The van der Waals surface area contributed by atoms with E-state index in [-0.39, 0.29) is 30.0 Å². The van der Waals surface area contributed by atoms with E-state index >= 15 is 0 Å². The number of rotatable bonds is 9. The lowest BCUT2D eigenvalue weighted by molar-refractivity contribution is 0.487. The molecule has 3 aromatic heterocycles. The Labute approximate surface area is 209 Å². The van der Waals surface area contributed by atoms with Crippen LogP contribution in [0, 0.1) is 0 Å². The number of fused-ring (bicyclic) bond motifs is 1. The second-order valence-electron chi connectivity index (χ2n) is 7.33. The number of para-hydroxylation sites is 1. The summed E-state index contributed by atoms with van der Waals surface area (Å²) in [6.45, 7) is 6.39. The van der Waals surface area contributed by atoms with Gasteiger partial charge in [0, 0.05) is 42.7 Å². The van der Waals surface area contributed by atoms with Crippen molar-refractivity contribution >= 4 is 52.2 Å². The van der Waals surface area contributed by atoms with Crippen molar-refractivity contribution in [2.24, 2.45) is 4.99 Å². The Morgan fingerprint density at radius 2 is 2.12 bits per heavy atom. The molecule has 4 aromatic rings. The van der Waals surface area contributed by atoms with Gasteiger partial charge >= 0.3 is 0 Å². The van der Waals surface area contributed by atoms with Crippen LogP contribution in [-0.2, 0) is 19.4 Å². The zero-order valence-electron chi connectivity index (χ0n) is 18.3. The minimum absolute atomic E-state index is 0. The van der Waals surface area contributed by atoms with Crippen LogP contribution in [0.1, 0.15) is 36.4 Å². The van der Waals surface area contributed by atoms with Crippen LogP contribution in [0.4, 0.5) is 0 Å². The number of benzene rings is 1. The number of furan rings is 1. The lowest BCUT2D eigenvalue weighted by Gasteiger charge is -2.17. The zero-order chi connectivity index (χ0) is 21.5. The summed E-state index contributed by atoms with van der Waals surface area (Å²) in [5, 5.41) is 18.3. The van der Waals surface area contributed by atoms with E-state index in [1.54, 1.807) is 17.7 Å². The Morgan fingerprint density at radius 3 is 2.91 bits per heavy atom. The molecule has 1 atom stereocenters. The van der Waals surface area contributed by atoms with E-state index in [0.717, 1.165) is 61.0 Å². The standard InChI is InChI=1S/C23H28N6OS.HI/c1-3-22-28-26-16-29(22)13-12-25-23(24-11-10-19-8-6-14-31-19)27-17(2)21-15-18-7-4-5-9-20(18)30-21;/h4-9,14-17H,3,10-13H2,1-2H3,(H2,24,25,27);1H. The predicted octanol–water partition coefficient (Wildman–Crippen LogP) is 4.81. The first kappa shape index (κ1) is 24.2. The third-order valence-corrected chi connectivity index (χ3v) is 6.03. The Morgan fingerprint density at radius 1 is 1.25 bits per heavy atom. The fourth-order valence-corrected chi connectivity index (χ4v) is 4.11. The molecule has 2 N–H and O–H groups in total. The minimum Gasteiger partial charge on any atom is -0.459 e. The molecule has 0 fully saturated rings. The monoisotopic (exact) mass is 564 g/mol. The van der Waals surface area contributed by atoms with Crippen molar-refractivity contribution in [3.05, 3.63) is 70.6 Å². The summed E-state index contributed by atoms with van der Waals surface area (Å²) in [6.07, 6.45) is 3.57. The summed E-state index contributed by atoms with van der Waals surface area (Å²) < 4.78 is 8.09. The summed E-state index contributed by atoms with van der Waals surface area (Å²) in [4.78, 5) is 6.14. The molecule has 0 amide bonds. The topological polar surface area (TPSA) is 80.3 Å². The second-order valence-corrected chi connectivity index (χ2v) is 8.37. The van der Waals surface area contributed by atoms with Crippen LogP contribution < -0.4 is 10.6 Å². The number of hydrogen-bond acceptors (Lipinski definition) is 5. The van der Waals surface area contributed by atoms with Gasteiger partial charge in [0.1, 0.15) is 23.5 Å². The fraction of sp³-hybridized carbons (Fsp3) is 0.348. The number of aliphatic imine (C=N–C) groups is 1. The van der Waals surface area contributed by atoms with Gasteiger partial charge in [-0.05, 0) is 30.5 Å². The molecule has 0 spiro atoms. The molecule has 9 heteroatoms. The predicted molar refractivity (Wildman–Crippen MR) is 141 cm³/mol.